The molecule has 2 rings (SSSR count). The second kappa shape index (κ2) is 7.07. The molecular formula is C17H29N3. The van der Waals surface area contributed by atoms with Crippen LogP contribution in [-0.4, -0.2) is 24.1 Å². The number of nitrogens with zero attached hydrogens (tertiary/aromatic N) is 2. The first kappa shape index (κ1) is 15.3. The SMILES string of the molecule is CC(C)CNCc1cccnc1N(CC(C)C)C1CC1. The lowest BCUT2D eigenvalue weighted by molar-refractivity contribution is 0.549. The predicted octanol–water partition coefficient (Wildman–Crippen LogP) is 3.45. The number of pyridine rings is 1. The molecule has 0 aromatic carbocycles. The molecule has 1 N–H and O–H groups in total. The molecular weight excluding hydrogens is 246 g/mol. The molecule has 112 valence electrons. The summed E-state index contributed by atoms with van der Waals surface area (Å²) in [6.45, 7) is 12.1. The Balaban J connectivity index is 2.08. The fourth-order valence-corrected chi connectivity index (χ4v) is 2.51. The highest BCUT2D eigenvalue weighted by molar-refractivity contribution is 5.49. The predicted molar refractivity (Wildman–Crippen MR) is 86.0 cm³/mol. The average Bonchev–Trinajstić information content (AvgIpc) is 3.20. The number of nitrogens with one attached hydrogen (secondary N) is 1. The zero-order valence-corrected chi connectivity index (χ0v) is 13.4. The van der Waals surface area contributed by atoms with Crippen molar-refractivity contribution in [2.45, 2.75) is 53.1 Å². The van der Waals surface area contributed by atoms with Crippen molar-refractivity contribution in [1.82, 2.24) is 10.3 Å². The summed E-state index contributed by atoms with van der Waals surface area (Å²) in [6.07, 6.45) is 4.57. The summed E-state index contributed by atoms with van der Waals surface area (Å²) in [5.41, 5.74) is 1.33. The molecule has 1 aromatic heterocycles. The summed E-state index contributed by atoms with van der Waals surface area (Å²) >= 11 is 0. The third-order valence-electron chi connectivity index (χ3n) is 3.56. The standard InChI is InChI=1S/C17H29N3/c1-13(2)10-18-11-15-6-5-9-19-17(15)20(12-14(3)4)16-7-8-16/h5-6,9,13-14,16,18H,7-8,10-12H2,1-4H3. The molecule has 0 bridgehead atoms. The first-order valence-corrected chi connectivity index (χ1v) is 7.99. The number of rotatable bonds is 8. The highest BCUT2D eigenvalue weighted by atomic mass is 15.2. The Kier molecular flexibility index (Phi) is 5.41. The van der Waals surface area contributed by atoms with E-state index in [-0.39, 0.29) is 0 Å². The Bertz CT molecular complexity index is 410. The summed E-state index contributed by atoms with van der Waals surface area (Å²) in [7, 11) is 0. The fraction of sp³-hybridized carbons (Fsp3) is 0.706. The summed E-state index contributed by atoms with van der Waals surface area (Å²) in [6, 6.07) is 4.98. The molecule has 0 amide bonds. The van der Waals surface area contributed by atoms with E-state index in [1.807, 2.05) is 6.20 Å². The quantitative estimate of drug-likeness (QED) is 0.787. The molecule has 1 saturated carbocycles. The maximum Gasteiger partial charge on any atom is 0.133 e. The summed E-state index contributed by atoms with van der Waals surface area (Å²) in [4.78, 5) is 7.20. The second-order valence-corrected chi connectivity index (χ2v) is 6.79. The van der Waals surface area contributed by atoms with Gasteiger partial charge >= 0.3 is 0 Å². The van der Waals surface area contributed by atoms with Crippen LogP contribution in [0.3, 0.4) is 0 Å². The van der Waals surface area contributed by atoms with E-state index >= 15 is 0 Å². The second-order valence-electron chi connectivity index (χ2n) is 6.79. The van der Waals surface area contributed by atoms with Gasteiger partial charge in [-0.05, 0) is 37.3 Å². The number of hydrogen-bond acceptors (Lipinski definition) is 3. The first-order valence-electron chi connectivity index (χ1n) is 7.99. The van der Waals surface area contributed by atoms with Crippen molar-refractivity contribution in [1.29, 1.82) is 0 Å². The van der Waals surface area contributed by atoms with Gasteiger partial charge in [0, 0.05) is 30.9 Å². The minimum absolute atomic E-state index is 0.675. The van der Waals surface area contributed by atoms with Gasteiger partial charge in [0.1, 0.15) is 5.82 Å². The Labute approximate surface area is 123 Å². The van der Waals surface area contributed by atoms with Crippen LogP contribution >= 0.6 is 0 Å². The number of anilines is 1. The van der Waals surface area contributed by atoms with Crippen LogP contribution in [0.1, 0.15) is 46.1 Å². The zero-order valence-electron chi connectivity index (χ0n) is 13.4. The lowest BCUT2D eigenvalue weighted by atomic mass is 10.1. The van der Waals surface area contributed by atoms with E-state index in [4.69, 9.17) is 0 Å². The van der Waals surface area contributed by atoms with Crippen molar-refractivity contribution in [3.63, 3.8) is 0 Å². The Morgan fingerprint density at radius 2 is 2.00 bits per heavy atom. The molecule has 0 radical (unpaired) electrons. The van der Waals surface area contributed by atoms with Gasteiger partial charge in [-0.15, -0.1) is 0 Å². The van der Waals surface area contributed by atoms with E-state index in [2.05, 4.69) is 55.0 Å². The third kappa shape index (κ3) is 4.48. The van der Waals surface area contributed by atoms with Crippen LogP contribution in [-0.2, 0) is 6.54 Å². The average molecular weight is 275 g/mol. The minimum Gasteiger partial charge on any atom is -0.353 e. The minimum atomic E-state index is 0.675. The zero-order chi connectivity index (χ0) is 14.5. The topological polar surface area (TPSA) is 28.2 Å². The maximum atomic E-state index is 4.68. The maximum absolute atomic E-state index is 4.68. The number of aromatic nitrogens is 1. The van der Waals surface area contributed by atoms with Gasteiger partial charge in [0.25, 0.3) is 0 Å². The van der Waals surface area contributed by atoms with E-state index in [0.717, 1.165) is 25.7 Å². The molecule has 3 heteroatoms. The van der Waals surface area contributed by atoms with Crippen LogP contribution in [0.2, 0.25) is 0 Å². The summed E-state index contributed by atoms with van der Waals surface area (Å²) in [5, 5.41) is 3.54. The van der Waals surface area contributed by atoms with Crippen LogP contribution in [0.4, 0.5) is 5.82 Å². The molecule has 1 fully saturated rings. The van der Waals surface area contributed by atoms with Crippen molar-refractivity contribution >= 4 is 5.82 Å². The normalized spacial score (nSPS) is 15.1. The summed E-state index contributed by atoms with van der Waals surface area (Å²) in [5.74, 6) is 2.55. The molecule has 3 nitrogen and oxygen atoms in total. The van der Waals surface area contributed by atoms with Crippen LogP contribution < -0.4 is 10.2 Å². The molecule has 1 aliphatic carbocycles. The molecule has 0 atom stereocenters. The van der Waals surface area contributed by atoms with Crippen LogP contribution in [0.5, 0.6) is 0 Å². The van der Waals surface area contributed by atoms with Crippen molar-refractivity contribution in [3.8, 4) is 0 Å². The molecule has 1 heterocycles. The lowest BCUT2D eigenvalue weighted by Gasteiger charge is -2.27. The van der Waals surface area contributed by atoms with E-state index in [9.17, 15) is 0 Å². The van der Waals surface area contributed by atoms with Crippen LogP contribution in [0.15, 0.2) is 18.3 Å². The molecule has 0 aliphatic heterocycles. The van der Waals surface area contributed by atoms with Gasteiger partial charge in [0.2, 0.25) is 0 Å². The van der Waals surface area contributed by atoms with Crippen molar-refractivity contribution < 1.29 is 0 Å². The molecule has 1 aromatic rings. The highest BCUT2D eigenvalue weighted by Gasteiger charge is 2.31. The van der Waals surface area contributed by atoms with E-state index in [1.165, 1.54) is 24.2 Å². The molecule has 1 aliphatic rings. The lowest BCUT2D eigenvalue weighted by Crippen LogP contribution is -2.32. The van der Waals surface area contributed by atoms with Crippen molar-refractivity contribution in [2.75, 3.05) is 18.0 Å². The van der Waals surface area contributed by atoms with Gasteiger partial charge in [-0.3, -0.25) is 0 Å². The van der Waals surface area contributed by atoms with Crippen molar-refractivity contribution in [2.24, 2.45) is 11.8 Å². The van der Waals surface area contributed by atoms with E-state index in [1.54, 1.807) is 0 Å². The number of hydrogen-bond donors (Lipinski definition) is 1. The van der Waals surface area contributed by atoms with Crippen LogP contribution in [0.25, 0.3) is 0 Å². The molecule has 20 heavy (non-hydrogen) atoms. The molecule has 0 saturated heterocycles. The Hall–Kier alpha value is -1.09. The monoisotopic (exact) mass is 275 g/mol. The van der Waals surface area contributed by atoms with E-state index in [0.29, 0.717) is 11.8 Å². The third-order valence-corrected chi connectivity index (χ3v) is 3.56. The molecule has 0 unspecified atom stereocenters. The smallest absolute Gasteiger partial charge is 0.133 e. The van der Waals surface area contributed by atoms with Crippen molar-refractivity contribution in [3.05, 3.63) is 23.9 Å². The largest absolute Gasteiger partial charge is 0.353 e. The fourth-order valence-electron chi connectivity index (χ4n) is 2.51. The van der Waals surface area contributed by atoms with E-state index < -0.39 is 0 Å². The highest BCUT2D eigenvalue weighted by Crippen LogP contribution is 2.32. The van der Waals surface area contributed by atoms with Gasteiger partial charge in [-0.25, -0.2) is 4.98 Å². The van der Waals surface area contributed by atoms with Gasteiger partial charge < -0.3 is 10.2 Å². The molecule has 0 spiro atoms. The van der Waals surface area contributed by atoms with Gasteiger partial charge in [-0.2, -0.15) is 0 Å². The first-order chi connectivity index (χ1) is 9.58. The Morgan fingerprint density at radius 1 is 1.25 bits per heavy atom. The Morgan fingerprint density at radius 3 is 2.60 bits per heavy atom. The van der Waals surface area contributed by atoms with Gasteiger partial charge in [0.15, 0.2) is 0 Å². The van der Waals surface area contributed by atoms with Crippen LogP contribution in [0, 0.1) is 11.8 Å². The van der Waals surface area contributed by atoms with Gasteiger partial charge in [-0.1, -0.05) is 33.8 Å². The summed E-state index contributed by atoms with van der Waals surface area (Å²) < 4.78 is 0. The van der Waals surface area contributed by atoms with Gasteiger partial charge in [0.05, 0.1) is 0 Å².